The molecule has 1 heterocycles. The van der Waals surface area contributed by atoms with E-state index in [1.54, 1.807) is 7.11 Å². The van der Waals surface area contributed by atoms with Crippen LogP contribution in [0.5, 0.6) is 0 Å². The molecular formula is C15H25Cl2N3O2. The lowest BCUT2D eigenvalue weighted by Crippen LogP contribution is -2.51. The second-order valence-corrected chi connectivity index (χ2v) is 5.05. The fourth-order valence-electron chi connectivity index (χ4n) is 2.41. The van der Waals surface area contributed by atoms with Crippen molar-refractivity contribution in [2.24, 2.45) is 5.73 Å². The third kappa shape index (κ3) is 5.74. The molecule has 1 aliphatic rings. The number of piperazine rings is 1. The summed E-state index contributed by atoms with van der Waals surface area (Å²) >= 11 is 0. The molecule has 1 aliphatic heterocycles. The maximum atomic E-state index is 12.4. The molecular weight excluding hydrogens is 325 g/mol. The molecule has 2 N–H and O–H groups in total. The topological polar surface area (TPSA) is 58.8 Å². The number of hydrogen-bond donors (Lipinski definition) is 1. The van der Waals surface area contributed by atoms with Gasteiger partial charge in [-0.3, -0.25) is 9.69 Å². The van der Waals surface area contributed by atoms with Crippen LogP contribution in [0.2, 0.25) is 0 Å². The number of nitrogens with two attached hydrogens (primary N) is 1. The lowest BCUT2D eigenvalue weighted by Gasteiger charge is -2.35. The average molecular weight is 350 g/mol. The van der Waals surface area contributed by atoms with Crippen LogP contribution < -0.4 is 5.73 Å². The van der Waals surface area contributed by atoms with E-state index in [1.165, 1.54) is 0 Å². The molecule has 5 nitrogen and oxygen atoms in total. The Labute approximate surface area is 144 Å². The summed E-state index contributed by atoms with van der Waals surface area (Å²) < 4.78 is 5.07. The first-order valence-electron chi connectivity index (χ1n) is 7.03. The van der Waals surface area contributed by atoms with Crippen molar-refractivity contribution < 1.29 is 9.53 Å². The number of nitrogens with zero attached hydrogens (tertiary/aromatic N) is 2. The fraction of sp³-hybridized carbons (Fsp3) is 0.533. The van der Waals surface area contributed by atoms with Crippen LogP contribution in [0.3, 0.4) is 0 Å². The van der Waals surface area contributed by atoms with Gasteiger partial charge in [0.1, 0.15) is 6.04 Å². The minimum absolute atomic E-state index is 0. The second-order valence-electron chi connectivity index (χ2n) is 5.05. The zero-order valence-corrected chi connectivity index (χ0v) is 14.4. The molecule has 0 aliphatic carbocycles. The highest BCUT2D eigenvalue weighted by molar-refractivity contribution is 5.85. The first kappa shape index (κ1) is 21.1. The molecule has 1 unspecified atom stereocenters. The van der Waals surface area contributed by atoms with Crippen molar-refractivity contribution in [3.05, 3.63) is 35.9 Å². The first-order chi connectivity index (χ1) is 9.72. The van der Waals surface area contributed by atoms with Gasteiger partial charge in [-0.15, -0.1) is 24.8 Å². The van der Waals surface area contributed by atoms with Crippen LogP contribution in [0.4, 0.5) is 0 Å². The van der Waals surface area contributed by atoms with Crippen molar-refractivity contribution in [3.63, 3.8) is 0 Å². The molecule has 1 fully saturated rings. The third-order valence-corrected chi connectivity index (χ3v) is 3.72. The minimum atomic E-state index is -0.554. The largest absolute Gasteiger partial charge is 0.383 e. The summed E-state index contributed by atoms with van der Waals surface area (Å²) in [7, 11) is 1.71. The number of hydrogen-bond acceptors (Lipinski definition) is 4. The zero-order chi connectivity index (χ0) is 14.4. The summed E-state index contributed by atoms with van der Waals surface area (Å²) in [6.07, 6.45) is 0. The van der Waals surface area contributed by atoms with E-state index in [9.17, 15) is 4.79 Å². The van der Waals surface area contributed by atoms with E-state index in [0.29, 0.717) is 0 Å². The molecule has 1 aromatic rings. The smallest absolute Gasteiger partial charge is 0.244 e. The number of carbonyl (C=O) groups is 1. The van der Waals surface area contributed by atoms with Crippen LogP contribution in [0.25, 0.3) is 0 Å². The van der Waals surface area contributed by atoms with Gasteiger partial charge in [0.25, 0.3) is 0 Å². The Morgan fingerprint density at radius 3 is 2.32 bits per heavy atom. The molecule has 1 saturated heterocycles. The van der Waals surface area contributed by atoms with Crippen molar-refractivity contribution in [1.29, 1.82) is 0 Å². The Balaban J connectivity index is 0.00000220. The van der Waals surface area contributed by atoms with Crippen LogP contribution >= 0.6 is 24.8 Å². The van der Waals surface area contributed by atoms with Crippen molar-refractivity contribution in [3.8, 4) is 0 Å². The van der Waals surface area contributed by atoms with Crippen LogP contribution in [-0.4, -0.2) is 62.1 Å². The molecule has 0 saturated carbocycles. The Bertz CT molecular complexity index is 426. The molecule has 22 heavy (non-hydrogen) atoms. The van der Waals surface area contributed by atoms with E-state index < -0.39 is 6.04 Å². The van der Waals surface area contributed by atoms with Gasteiger partial charge < -0.3 is 15.4 Å². The molecule has 7 heteroatoms. The van der Waals surface area contributed by atoms with Crippen molar-refractivity contribution in [1.82, 2.24) is 9.80 Å². The monoisotopic (exact) mass is 349 g/mol. The van der Waals surface area contributed by atoms with Crippen LogP contribution in [-0.2, 0) is 9.53 Å². The van der Waals surface area contributed by atoms with Gasteiger partial charge in [0.2, 0.25) is 5.91 Å². The Hall–Kier alpha value is -0.850. The van der Waals surface area contributed by atoms with Gasteiger partial charge in [-0.1, -0.05) is 30.3 Å². The molecule has 0 bridgehead atoms. The van der Waals surface area contributed by atoms with Gasteiger partial charge in [0.05, 0.1) is 6.61 Å². The van der Waals surface area contributed by atoms with E-state index in [2.05, 4.69) is 4.90 Å². The lowest BCUT2D eigenvalue weighted by molar-refractivity contribution is -0.134. The van der Waals surface area contributed by atoms with Gasteiger partial charge in [-0.2, -0.15) is 0 Å². The lowest BCUT2D eigenvalue weighted by atomic mass is 10.1. The number of methoxy groups -OCH3 is 1. The Kier molecular flexibility index (Phi) is 10.4. The molecule has 0 radical (unpaired) electrons. The van der Waals surface area contributed by atoms with Crippen molar-refractivity contribution in [2.75, 3.05) is 46.4 Å². The second kappa shape index (κ2) is 10.8. The minimum Gasteiger partial charge on any atom is -0.383 e. The zero-order valence-electron chi connectivity index (χ0n) is 12.8. The predicted octanol–water partition coefficient (Wildman–Crippen LogP) is 1.32. The molecule has 126 valence electrons. The summed E-state index contributed by atoms with van der Waals surface area (Å²) in [5, 5.41) is 0. The van der Waals surface area contributed by atoms with Crippen LogP contribution in [0, 0.1) is 0 Å². The van der Waals surface area contributed by atoms with E-state index in [1.807, 2.05) is 35.2 Å². The molecule has 0 aromatic heterocycles. The molecule has 1 aromatic carbocycles. The Morgan fingerprint density at radius 1 is 1.18 bits per heavy atom. The van der Waals surface area contributed by atoms with Crippen molar-refractivity contribution in [2.45, 2.75) is 6.04 Å². The van der Waals surface area contributed by atoms with E-state index in [-0.39, 0.29) is 30.7 Å². The maximum Gasteiger partial charge on any atom is 0.244 e. The predicted molar refractivity (Wildman–Crippen MR) is 92.8 cm³/mol. The third-order valence-electron chi connectivity index (χ3n) is 3.72. The van der Waals surface area contributed by atoms with Crippen LogP contribution in [0.15, 0.2) is 30.3 Å². The number of carbonyl (C=O) groups excluding carboxylic acids is 1. The number of benzene rings is 1. The standard InChI is InChI=1S/C15H23N3O2.2ClH/c1-20-12-11-17-7-9-18(10-8-17)15(19)14(16)13-5-3-2-4-6-13;;/h2-6,14H,7-12,16H2,1H3;2*1H. The van der Waals surface area contributed by atoms with E-state index >= 15 is 0 Å². The normalized spacial score (nSPS) is 16.4. The molecule has 0 spiro atoms. The summed E-state index contributed by atoms with van der Waals surface area (Å²) in [5.41, 5.74) is 6.93. The van der Waals surface area contributed by atoms with Gasteiger partial charge in [-0.05, 0) is 5.56 Å². The number of ether oxygens (including phenoxy) is 1. The average Bonchev–Trinajstić information content (AvgIpc) is 2.53. The number of rotatable bonds is 5. The quantitative estimate of drug-likeness (QED) is 0.870. The van der Waals surface area contributed by atoms with Gasteiger partial charge >= 0.3 is 0 Å². The Morgan fingerprint density at radius 2 is 1.77 bits per heavy atom. The van der Waals surface area contributed by atoms with E-state index in [0.717, 1.165) is 44.9 Å². The van der Waals surface area contributed by atoms with Gasteiger partial charge in [-0.25, -0.2) is 0 Å². The highest BCUT2D eigenvalue weighted by Crippen LogP contribution is 2.14. The van der Waals surface area contributed by atoms with Gasteiger partial charge in [0.15, 0.2) is 0 Å². The fourth-order valence-corrected chi connectivity index (χ4v) is 2.41. The highest BCUT2D eigenvalue weighted by atomic mass is 35.5. The molecule has 2 rings (SSSR count). The highest BCUT2D eigenvalue weighted by Gasteiger charge is 2.25. The molecule has 1 amide bonds. The number of amides is 1. The first-order valence-corrected chi connectivity index (χ1v) is 7.03. The van der Waals surface area contributed by atoms with Crippen molar-refractivity contribution >= 4 is 30.7 Å². The summed E-state index contributed by atoms with van der Waals surface area (Å²) in [5.74, 6) is 0.0163. The molecule has 1 atom stereocenters. The summed E-state index contributed by atoms with van der Waals surface area (Å²) in [4.78, 5) is 16.5. The van der Waals surface area contributed by atoms with E-state index in [4.69, 9.17) is 10.5 Å². The summed E-state index contributed by atoms with van der Waals surface area (Å²) in [6, 6.07) is 8.99. The van der Waals surface area contributed by atoms with Crippen LogP contribution in [0.1, 0.15) is 11.6 Å². The maximum absolute atomic E-state index is 12.4. The SMILES string of the molecule is COCCN1CCN(C(=O)C(N)c2ccccc2)CC1.Cl.Cl. The summed E-state index contributed by atoms with van der Waals surface area (Å²) in [6.45, 7) is 4.90. The van der Waals surface area contributed by atoms with Gasteiger partial charge in [0, 0.05) is 39.8 Å². The number of halogens is 2.